The number of benzene rings is 2. The van der Waals surface area contributed by atoms with Crippen molar-refractivity contribution in [1.82, 2.24) is 0 Å². The molecule has 0 N–H and O–H groups in total. The molecule has 0 aromatic heterocycles. The Morgan fingerprint density at radius 2 is 1.45 bits per heavy atom. The molecule has 104 valence electrons. The molecule has 0 spiro atoms. The largest absolute Gasteiger partial charge is 0.0809 e. The van der Waals surface area contributed by atoms with Gasteiger partial charge in [-0.1, -0.05) is 85.0 Å². The zero-order valence-corrected chi connectivity index (χ0v) is 13.5. The maximum atomic E-state index is 2.53. The Bertz CT molecular complexity index is 544. The van der Waals surface area contributed by atoms with E-state index in [2.05, 4.69) is 73.8 Å². The lowest BCUT2D eigenvalue weighted by atomic mass is 10.1. The van der Waals surface area contributed by atoms with E-state index in [4.69, 9.17) is 0 Å². The SMILES string of the molecule is C[Si](C)(CC1CC1Cc1ccccc1)c1ccccc1. The molecule has 3 rings (SSSR count). The lowest BCUT2D eigenvalue weighted by Gasteiger charge is -2.23. The third-order valence-electron chi connectivity index (χ3n) is 4.74. The van der Waals surface area contributed by atoms with E-state index >= 15 is 0 Å². The molecule has 0 nitrogen and oxygen atoms in total. The van der Waals surface area contributed by atoms with Crippen LogP contribution in [-0.2, 0) is 6.42 Å². The van der Waals surface area contributed by atoms with Gasteiger partial charge in [0, 0.05) is 0 Å². The first-order chi connectivity index (χ1) is 9.65. The van der Waals surface area contributed by atoms with Crippen molar-refractivity contribution in [2.45, 2.75) is 32.0 Å². The monoisotopic (exact) mass is 280 g/mol. The second-order valence-corrected chi connectivity index (χ2v) is 11.7. The van der Waals surface area contributed by atoms with Crippen LogP contribution in [0.2, 0.25) is 19.1 Å². The molecule has 2 unspecified atom stereocenters. The molecule has 0 heterocycles. The highest BCUT2D eigenvalue weighted by Crippen LogP contribution is 2.46. The van der Waals surface area contributed by atoms with E-state index in [0.717, 1.165) is 11.8 Å². The van der Waals surface area contributed by atoms with Gasteiger partial charge in [0.05, 0.1) is 8.07 Å². The van der Waals surface area contributed by atoms with Crippen LogP contribution >= 0.6 is 0 Å². The van der Waals surface area contributed by atoms with Gasteiger partial charge < -0.3 is 0 Å². The van der Waals surface area contributed by atoms with E-state index in [1.165, 1.54) is 24.4 Å². The van der Waals surface area contributed by atoms with Crippen molar-refractivity contribution in [3.05, 3.63) is 66.2 Å². The number of rotatable bonds is 5. The second-order valence-electron chi connectivity index (χ2n) is 6.90. The molecule has 1 aliphatic rings. The predicted molar refractivity (Wildman–Crippen MR) is 90.1 cm³/mol. The highest BCUT2D eigenvalue weighted by molar-refractivity contribution is 6.89. The maximum absolute atomic E-state index is 2.53. The molecule has 0 aliphatic heterocycles. The summed E-state index contributed by atoms with van der Waals surface area (Å²) in [6.45, 7) is 5.06. The summed E-state index contributed by atoms with van der Waals surface area (Å²) in [7, 11) is -1.24. The van der Waals surface area contributed by atoms with Crippen LogP contribution < -0.4 is 5.19 Å². The Hall–Kier alpha value is -1.34. The van der Waals surface area contributed by atoms with Gasteiger partial charge in [-0.2, -0.15) is 0 Å². The van der Waals surface area contributed by atoms with Crippen LogP contribution in [-0.4, -0.2) is 8.07 Å². The van der Waals surface area contributed by atoms with Gasteiger partial charge in [0.2, 0.25) is 0 Å². The van der Waals surface area contributed by atoms with E-state index in [9.17, 15) is 0 Å². The lowest BCUT2D eigenvalue weighted by molar-refractivity contribution is 0.740. The van der Waals surface area contributed by atoms with Gasteiger partial charge in [-0.25, -0.2) is 0 Å². The molecule has 1 fully saturated rings. The summed E-state index contributed by atoms with van der Waals surface area (Å²) in [5.74, 6) is 1.91. The molecule has 2 atom stereocenters. The second kappa shape index (κ2) is 5.57. The Morgan fingerprint density at radius 1 is 0.850 bits per heavy atom. The maximum Gasteiger partial charge on any atom is 0.0809 e. The van der Waals surface area contributed by atoms with Crippen molar-refractivity contribution in [2.75, 3.05) is 0 Å². The standard InChI is InChI=1S/C19H24Si/c1-20(2,19-11-7-4-8-12-19)15-18-14-17(18)13-16-9-5-3-6-10-16/h3-12,17-18H,13-15H2,1-2H3. The number of hydrogen-bond donors (Lipinski definition) is 0. The Kier molecular flexibility index (Phi) is 3.80. The fourth-order valence-electron chi connectivity index (χ4n) is 3.39. The van der Waals surface area contributed by atoms with Crippen molar-refractivity contribution >= 4 is 13.3 Å². The molecule has 2 aromatic carbocycles. The third-order valence-corrected chi connectivity index (χ3v) is 8.18. The fourth-order valence-corrected chi connectivity index (χ4v) is 6.53. The van der Waals surface area contributed by atoms with Gasteiger partial charge in [-0.15, -0.1) is 0 Å². The van der Waals surface area contributed by atoms with Crippen LogP contribution in [0, 0.1) is 11.8 Å². The summed E-state index contributed by atoms with van der Waals surface area (Å²) in [6, 6.07) is 23.6. The van der Waals surface area contributed by atoms with Gasteiger partial charge in [-0.3, -0.25) is 0 Å². The third kappa shape index (κ3) is 3.21. The topological polar surface area (TPSA) is 0 Å². The van der Waals surface area contributed by atoms with Gasteiger partial charge >= 0.3 is 0 Å². The average molecular weight is 280 g/mol. The molecule has 1 aliphatic carbocycles. The minimum absolute atomic E-state index is 0.938. The first-order valence-corrected chi connectivity index (χ1v) is 11.0. The van der Waals surface area contributed by atoms with E-state index in [0.29, 0.717) is 0 Å². The molecule has 0 amide bonds. The predicted octanol–water partition coefficient (Wildman–Crippen LogP) is 4.48. The summed E-state index contributed by atoms with van der Waals surface area (Å²) in [4.78, 5) is 0. The van der Waals surface area contributed by atoms with Crippen LogP contribution in [0.3, 0.4) is 0 Å². The van der Waals surface area contributed by atoms with Crippen LogP contribution in [0.15, 0.2) is 60.7 Å². The molecule has 1 heteroatoms. The summed E-state index contributed by atoms with van der Waals surface area (Å²) in [5.41, 5.74) is 1.51. The van der Waals surface area contributed by atoms with Gasteiger partial charge in [0.25, 0.3) is 0 Å². The molecule has 0 saturated heterocycles. The Labute approximate surface area is 123 Å². The molecular weight excluding hydrogens is 256 g/mol. The fraction of sp³-hybridized carbons (Fsp3) is 0.368. The van der Waals surface area contributed by atoms with Crippen molar-refractivity contribution in [2.24, 2.45) is 11.8 Å². The molecule has 20 heavy (non-hydrogen) atoms. The first-order valence-electron chi connectivity index (χ1n) is 7.74. The normalized spacial score (nSPS) is 21.7. The smallest absolute Gasteiger partial charge is 0.0654 e. The van der Waals surface area contributed by atoms with Gasteiger partial charge in [-0.05, 0) is 30.2 Å². The summed E-state index contributed by atoms with van der Waals surface area (Å²) >= 11 is 0. The van der Waals surface area contributed by atoms with Crippen molar-refractivity contribution in [3.8, 4) is 0 Å². The van der Waals surface area contributed by atoms with Crippen LogP contribution in [0.25, 0.3) is 0 Å². The molecule has 2 aromatic rings. The van der Waals surface area contributed by atoms with Crippen molar-refractivity contribution in [1.29, 1.82) is 0 Å². The minimum atomic E-state index is -1.24. The lowest BCUT2D eigenvalue weighted by Crippen LogP contribution is -2.41. The van der Waals surface area contributed by atoms with Gasteiger partial charge in [0.15, 0.2) is 0 Å². The molecular formula is C19H24Si. The van der Waals surface area contributed by atoms with E-state index in [-0.39, 0.29) is 0 Å². The molecule has 0 bridgehead atoms. The highest BCUT2D eigenvalue weighted by Gasteiger charge is 2.41. The Balaban J connectivity index is 1.58. The summed E-state index contributed by atoms with van der Waals surface area (Å²) < 4.78 is 0. The zero-order valence-electron chi connectivity index (χ0n) is 12.5. The van der Waals surface area contributed by atoms with E-state index in [1.807, 2.05) is 0 Å². The van der Waals surface area contributed by atoms with E-state index < -0.39 is 8.07 Å². The minimum Gasteiger partial charge on any atom is -0.0654 e. The summed E-state index contributed by atoms with van der Waals surface area (Å²) in [6.07, 6.45) is 2.73. The highest BCUT2D eigenvalue weighted by atomic mass is 28.3. The molecule has 0 radical (unpaired) electrons. The zero-order chi connectivity index (χ0) is 14.0. The van der Waals surface area contributed by atoms with Crippen LogP contribution in [0.4, 0.5) is 0 Å². The van der Waals surface area contributed by atoms with Crippen LogP contribution in [0.5, 0.6) is 0 Å². The quantitative estimate of drug-likeness (QED) is 0.708. The van der Waals surface area contributed by atoms with Crippen molar-refractivity contribution in [3.63, 3.8) is 0 Å². The van der Waals surface area contributed by atoms with Crippen molar-refractivity contribution < 1.29 is 0 Å². The van der Waals surface area contributed by atoms with Gasteiger partial charge in [0.1, 0.15) is 0 Å². The Morgan fingerprint density at radius 3 is 2.10 bits per heavy atom. The van der Waals surface area contributed by atoms with E-state index in [1.54, 1.807) is 5.19 Å². The van der Waals surface area contributed by atoms with Crippen LogP contribution in [0.1, 0.15) is 12.0 Å². The average Bonchev–Trinajstić information content (AvgIpc) is 3.18. The summed E-state index contributed by atoms with van der Waals surface area (Å²) in [5, 5.41) is 1.62. The molecule has 1 saturated carbocycles. The number of hydrogen-bond acceptors (Lipinski definition) is 0. The first kappa shape index (κ1) is 13.6.